The van der Waals surface area contributed by atoms with Gasteiger partial charge in [-0.05, 0) is 96.2 Å². The second-order valence-electron chi connectivity index (χ2n) is 13.4. The Morgan fingerprint density at radius 2 is 1.49 bits per heavy atom. The van der Waals surface area contributed by atoms with Crippen LogP contribution < -0.4 is 9.64 Å². The van der Waals surface area contributed by atoms with Crippen LogP contribution in [-0.4, -0.2) is 46.5 Å². The van der Waals surface area contributed by atoms with Gasteiger partial charge in [0.05, 0.1) is 41.4 Å². The van der Waals surface area contributed by atoms with Crippen molar-refractivity contribution in [1.29, 1.82) is 0 Å². The van der Waals surface area contributed by atoms with E-state index in [1.54, 1.807) is 48.5 Å². The number of carbonyl (C=O) groups is 2. The number of anilines is 1. The number of hydrogen-bond acceptors (Lipinski definition) is 6. The van der Waals surface area contributed by atoms with Gasteiger partial charge in [0.25, 0.3) is 0 Å². The van der Waals surface area contributed by atoms with Crippen LogP contribution in [0, 0.1) is 17.8 Å². The molecule has 0 saturated carbocycles. The quantitative estimate of drug-likeness (QED) is 0.0603. The lowest BCUT2D eigenvalue weighted by molar-refractivity contribution is -0.143. The third-order valence-electron chi connectivity index (χ3n) is 9.88. The van der Waals surface area contributed by atoms with Crippen LogP contribution in [-0.2, 0) is 21.9 Å². The lowest BCUT2D eigenvalue weighted by atomic mass is 9.68. The lowest BCUT2D eigenvalue weighted by Crippen LogP contribution is -2.40. The smallest absolute Gasteiger partial charge is 0.416 e. The van der Waals surface area contributed by atoms with Gasteiger partial charge < -0.3 is 20.1 Å². The number of allylic oxidation sites excluding steroid dienone is 1. The number of carbonyl (C=O) groups excluding carboxylic acids is 2. The first-order valence-corrected chi connectivity index (χ1v) is 18.0. The molecular formula is C41H34BrF6NO6. The number of fused-ring (bicyclic) bond motifs is 1. The van der Waals surface area contributed by atoms with Crippen molar-refractivity contribution in [3.8, 4) is 11.5 Å². The molecule has 55 heavy (non-hydrogen) atoms. The average molecular weight is 831 g/mol. The zero-order chi connectivity index (χ0) is 39.7. The average Bonchev–Trinajstić information content (AvgIpc) is 3.41. The molecule has 1 saturated heterocycles. The molecule has 1 aliphatic carbocycles. The van der Waals surface area contributed by atoms with E-state index in [1.165, 1.54) is 6.07 Å². The fourth-order valence-electron chi connectivity index (χ4n) is 7.33. The Bertz CT molecular complexity index is 2090. The summed E-state index contributed by atoms with van der Waals surface area (Å²) < 4.78 is 89.4. The second kappa shape index (κ2) is 16.0. The zero-order valence-corrected chi connectivity index (χ0v) is 30.4. The van der Waals surface area contributed by atoms with Crippen LogP contribution >= 0.6 is 15.9 Å². The third-order valence-corrected chi connectivity index (χ3v) is 10.4. The van der Waals surface area contributed by atoms with Crippen LogP contribution in [0.25, 0.3) is 11.6 Å². The van der Waals surface area contributed by atoms with Gasteiger partial charge in [-0.3, -0.25) is 9.59 Å². The van der Waals surface area contributed by atoms with Gasteiger partial charge in [-0.1, -0.05) is 64.5 Å². The zero-order valence-electron chi connectivity index (χ0n) is 28.8. The molecule has 0 aromatic heterocycles. The molecule has 1 fully saturated rings. The molecule has 1 aliphatic heterocycles. The molecule has 3 N–H and O–H groups in total. The number of phenols is 1. The number of alkyl halides is 6. The third kappa shape index (κ3) is 8.66. The van der Waals surface area contributed by atoms with Crippen LogP contribution in [0.5, 0.6) is 11.5 Å². The number of nitrogens with zero attached hydrogens (tertiary/aromatic N) is 1. The SMILES string of the molecule is O=C1[C@@H]2[C@@H](CC(COc3ccccc3)=C([C@H](O)CC/C(=C/c3cc(Br)ccc3O)c3ccccc3)[C@@H]2CO)C(=O)N1c1cc(C(F)(F)F)cc(C(F)(F)F)c1. The topological polar surface area (TPSA) is 107 Å². The number of rotatable bonds is 11. The Hall–Kier alpha value is -4.92. The number of phenolic OH excluding ortho intramolecular Hbond substituents is 1. The van der Waals surface area contributed by atoms with Crippen molar-refractivity contribution in [2.24, 2.45) is 17.8 Å². The highest BCUT2D eigenvalue weighted by Gasteiger charge is 2.56. The van der Waals surface area contributed by atoms with Crippen molar-refractivity contribution < 1.29 is 56.0 Å². The number of aliphatic hydroxyl groups is 2. The lowest BCUT2D eigenvalue weighted by Gasteiger charge is -2.36. The molecule has 0 spiro atoms. The molecule has 0 unspecified atom stereocenters. The molecule has 4 aromatic carbocycles. The second-order valence-corrected chi connectivity index (χ2v) is 14.3. The van der Waals surface area contributed by atoms with E-state index in [4.69, 9.17) is 4.74 Å². The maximum absolute atomic E-state index is 14.1. The van der Waals surface area contributed by atoms with E-state index in [9.17, 15) is 51.3 Å². The Labute approximate surface area is 320 Å². The molecule has 6 rings (SSSR count). The molecule has 2 amide bonds. The molecule has 4 atom stereocenters. The van der Waals surface area contributed by atoms with Crippen molar-refractivity contribution in [2.75, 3.05) is 18.1 Å². The Balaban J connectivity index is 1.38. The van der Waals surface area contributed by atoms with Gasteiger partial charge >= 0.3 is 12.4 Å². The first kappa shape index (κ1) is 39.8. The highest BCUT2D eigenvalue weighted by Crippen LogP contribution is 2.49. The van der Waals surface area contributed by atoms with Gasteiger partial charge in [0.2, 0.25) is 11.8 Å². The highest BCUT2D eigenvalue weighted by atomic mass is 79.9. The Morgan fingerprint density at radius 3 is 2.09 bits per heavy atom. The van der Waals surface area contributed by atoms with Crippen molar-refractivity contribution in [3.63, 3.8) is 0 Å². The standard InChI is InChI=1S/C41H34BrF6NO6/c42-29-12-14-34(51)25(16-29)15-24(23-7-3-1-4-8-23)11-13-35(52)36-26(22-55-31-9-5-2-6-10-31)17-32-37(33(36)21-50)39(54)49(38(32)53)30-19-27(40(43,44)45)18-28(20-30)41(46,47)48/h1-10,12,14-16,18-20,32-33,35,37,50-52H,11,13,17,21-22H2/b24-15-/t32-,33+,35-,37-/m1/s1. The number of amides is 2. The van der Waals surface area contributed by atoms with E-state index in [0.29, 0.717) is 44.0 Å². The van der Waals surface area contributed by atoms with Crippen LogP contribution in [0.3, 0.4) is 0 Å². The first-order chi connectivity index (χ1) is 26.1. The summed E-state index contributed by atoms with van der Waals surface area (Å²) in [6.07, 6.45) is -10.0. The van der Waals surface area contributed by atoms with E-state index in [1.807, 2.05) is 30.3 Å². The summed E-state index contributed by atoms with van der Waals surface area (Å²) in [5.74, 6) is -5.62. The van der Waals surface area contributed by atoms with Gasteiger partial charge in [0, 0.05) is 16.0 Å². The van der Waals surface area contributed by atoms with E-state index in [-0.39, 0.29) is 43.3 Å². The minimum Gasteiger partial charge on any atom is -0.507 e. The fraction of sp³-hybridized carbons (Fsp3) is 0.268. The van der Waals surface area contributed by atoms with E-state index >= 15 is 0 Å². The van der Waals surface area contributed by atoms with Gasteiger partial charge in [0.15, 0.2) is 0 Å². The molecule has 0 radical (unpaired) electrons. The summed E-state index contributed by atoms with van der Waals surface area (Å²) in [6, 6.07) is 23.1. The molecule has 1 heterocycles. The Morgan fingerprint density at radius 1 is 0.873 bits per heavy atom. The monoisotopic (exact) mass is 829 g/mol. The van der Waals surface area contributed by atoms with E-state index in [0.717, 1.165) is 5.56 Å². The fourth-order valence-corrected chi connectivity index (χ4v) is 7.71. The van der Waals surface area contributed by atoms with Gasteiger partial charge in [-0.25, -0.2) is 4.90 Å². The number of halogens is 7. The molecule has 4 aromatic rings. The van der Waals surface area contributed by atoms with Gasteiger partial charge in [0.1, 0.15) is 18.1 Å². The summed E-state index contributed by atoms with van der Waals surface area (Å²) in [6.45, 7) is -0.981. The minimum absolute atomic E-state index is 0.0102. The van der Waals surface area contributed by atoms with Crippen molar-refractivity contribution in [3.05, 3.63) is 135 Å². The summed E-state index contributed by atoms with van der Waals surface area (Å²) in [5.41, 5.74) is -1.76. The molecule has 14 heteroatoms. The van der Waals surface area contributed by atoms with Crippen molar-refractivity contribution in [1.82, 2.24) is 0 Å². The first-order valence-electron chi connectivity index (χ1n) is 17.2. The predicted molar refractivity (Wildman–Crippen MR) is 195 cm³/mol. The number of para-hydroxylation sites is 1. The molecular weight excluding hydrogens is 796 g/mol. The van der Waals surface area contributed by atoms with Crippen LogP contribution in [0.2, 0.25) is 0 Å². The van der Waals surface area contributed by atoms with E-state index < -0.39 is 71.4 Å². The number of ether oxygens (including phenoxy) is 1. The van der Waals surface area contributed by atoms with Gasteiger partial charge in [-0.2, -0.15) is 26.3 Å². The summed E-state index contributed by atoms with van der Waals surface area (Å²) in [7, 11) is 0. The number of aromatic hydroxyl groups is 1. The van der Waals surface area contributed by atoms with Crippen LogP contribution in [0.15, 0.2) is 113 Å². The maximum atomic E-state index is 14.1. The number of imide groups is 1. The Kier molecular flexibility index (Phi) is 11.6. The molecule has 2 aliphatic rings. The predicted octanol–water partition coefficient (Wildman–Crippen LogP) is 9.07. The maximum Gasteiger partial charge on any atom is 0.416 e. The summed E-state index contributed by atoms with van der Waals surface area (Å²) in [5, 5.41) is 33.3. The number of hydrogen-bond donors (Lipinski definition) is 3. The van der Waals surface area contributed by atoms with Gasteiger partial charge in [-0.15, -0.1) is 0 Å². The van der Waals surface area contributed by atoms with Crippen LogP contribution in [0.4, 0.5) is 32.0 Å². The molecule has 7 nitrogen and oxygen atoms in total. The minimum atomic E-state index is -5.23. The highest BCUT2D eigenvalue weighted by molar-refractivity contribution is 9.10. The summed E-state index contributed by atoms with van der Waals surface area (Å²) >= 11 is 3.41. The normalized spacial score (nSPS) is 19.8. The van der Waals surface area contributed by atoms with E-state index in [2.05, 4.69) is 15.9 Å². The number of benzene rings is 4. The summed E-state index contributed by atoms with van der Waals surface area (Å²) in [4.78, 5) is 28.3. The number of aliphatic hydroxyl groups excluding tert-OH is 2. The molecule has 288 valence electrons. The van der Waals surface area contributed by atoms with Crippen molar-refractivity contribution >= 4 is 45.1 Å². The van der Waals surface area contributed by atoms with Crippen molar-refractivity contribution in [2.45, 2.75) is 37.7 Å². The van der Waals surface area contributed by atoms with Crippen LogP contribution in [0.1, 0.15) is 41.5 Å². The molecule has 0 bridgehead atoms. The largest absolute Gasteiger partial charge is 0.507 e.